The Hall–Kier alpha value is -2.83. The second-order valence-corrected chi connectivity index (χ2v) is 6.36. The van der Waals surface area contributed by atoms with Crippen LogP contribution in [0.2, 0.25) is 10.0 Å². The number of nitrogens with zero attached hydrogens (tertiary/aromatic N) is 1. The molecule has 8 heteroatoms. The van der Waals surface area contributed by atoms with E-state index in [1.54, 1.807) is 48.5 Å². The van der Waals surface area contributed by atoms with Crippen LogP contribution in [-0.2, 0) is 9.59 Å². The van der Waals surface area contributed by atoms with Crippen LogP contribution in [0.3, 0.4) is 0 Å². The molecule has 1 fully saturated rings. The van der Waals surface area contributed by atoms with E-state index in [1.807, 2.05) is 0 Å². The number of nitrogens with one attached hydrogen (secondary N) is 2. The predicted molar refractivity (Wildman–Crippen MR) is 99.8 cm³/mol. The van der Waals surface area contributed by atoms with Crippen LogP contribution in [0.1, 0.15) is 5.56 Å². The number of halogens is 2. The molecule has 0 aliphatic carbocycles. The molecule has 0 atom stereocenters. The van der Waals surface area contributed by atoms with E-state index in [0.29, 0.717) is 21.3 Å². The van der Waals surface area contributed by atoms with Gasteiger partial charge in [-0.1, -0.05) is 35.3 Å². The van der Waals surface area contributed by atoms with Crippen molar-refractivity contribution in [2.75, 3.05) is 11.9 Å². The Balaban J connectivity index is 1.67. The topological polar surface area (TPSA) is 78.5 Å². The van der Waals surface area contributed by atoms with E-state index >= 15 is 0 Å². The first kappa shape index (κ1) is 18.0. The fraction of sp³-hybridized carbons (Fsp3) is 0.0556. The Morgan fingerprint density at radius 2 is 1.58 bits per heavy atom. The van der Waals surface area contributed by atoms with Gasteiger partial charge >= 0.3 is 6.03 Å². The van der Waals surface area contributed by atoms with E-state index in [1.165, 1.54) is 6.08 Å². The van der Waals surface area contributed by atoms with Crippen molar-refractivity contribution in [3.63, 3.8) is 0 Å². The Labute approximate surface area is 159 Å². The molecule has 132 valence electrons. The average Bonchev–Trinajstić information content (AvgIpc) is 2.86. The van der Waals surface area contributed by atoms with E-state index in [9.17, 15) is 14.4 Å². The molecule has 0 unspecified atom stereocenters. The smallest absolute Gasteiger partial charge is 0.325 e. The van der Waals surface area contributed by atoms with Gasteiger partial charge in [0.1, 0.15) is 12.2 Å². The van der Waals surface area contributed by atoms with Gasteiger partial charge in [0.25, 0.3) is 5.91 Å². The standard InChI is InChI=1S/C18H13Cl2N3O3/c19-12-3-1-11(2-4-12)9-15-17(25)23(18(26)22-15)10-16(24)21-14-7-5-13(20)6-8-14/h1-9H,10H2,(H,21,24)(H,22,26)/b15-9-. The van der Waals surface area contributed by atoms with Gasteiger partial charge in [-0.3, -0.25) is 9.59 Å². The van der Waals surface area contributed by atoms with Crippen molar-refractivity contribution in [2.45, 2.75) is 0 Å². The lowest BCUT2D eigenvalue weighted by Gasteiger charge is -2.12. The summed E-state index contributed by atoms with van der Waals surface area (Å²) in [4.78, 5) is 37.3. The lowest BCUT2D eigenvalue weighted by atomic mass is 10.2. The maximum absolute atomic E-state index is 12.4. The van der Waals surface area contributed by atoms with Crippen LogP contribution in [0.5, 0.6) is 0 Å². The highest BCUT2D eigenvalue weighted by Gasteiger charge is 2.34. The van der Waals surface area contributed by atoms with Crippen LogP contribution >= 0.6 is 23.2 Å². The first-order valence-corrected chi connectivity index (χ1v) is 8.33. The molecule has 6 nitrogen and oxygen atoms in total. The third-order valence-electron chi connectivity index (χ3n) is 3.57. The van der Waals surface area contributed by atoms with Crippen molar-refractivity contribution in [1.29, 1.82) is 0 Å². The van der Waals surface area contributed by atoms with Crippen molar-refractivity contribution in [3.8, 4) is 0 Å². The Morgan fingerprint density at radius 1 is 1.00 bits per heavy atom. The molecule has 2 aromatic rings. The fourth-order valence-electron chi connectivity index (χ4n) is 2.32. The molecule has 2 N–H and O–H groups in total. The van der Waals surface area contributed by atoms with Gasteiger partial charge in [-0.25, -0.2) is 9.69 Å². The van der Waals surface area contributed by atoms with Crippen molar-refractivity contribution < 1.29 is 14.4 Å². The summed E-state index contributed by atoms with van der Waals surface area (Å²) in [7, 11) is 0. The number of hydrogen-bond donors (Lipinski definition) is 2. The van der Waals surface area contributed by atoms with E-state index in [2.05, 4.69) is 10.6 Å². The van der Waals surface area contributed by atoms with E-state index in [0.717, 1.165) is 4.90 Å². The normalized spacial score (nSPS) is 15.3. The zero-order valence-corrected chi connectivity index (χ0v) is 14.8. The minimum Gasteiger partial charge on any atom is -0.325 e. The van der Waals surface area contributed by atoms with Crippen LogP contribution < -0.4 is 10.6 Å². The molecule has 1 aliphatic rings. The van der Waals surface area contributed by atoms with Crippen LogP contribution in [0, 0.1) is 0 Å². The molecule has 26 heavy (non-hydrogen) atoms. The summed E-state index contributed by atoms with van der Waals surface area (Å²) in [5, 5.41) is 6.16. The van der Waals surface area contributed by atoms with Gasteiger partial charge in [0, 0.05) is 15.7 Å². The van der Waals surface area contributed by atoms with Crippen LogP contribution in [0.15, 0.2) is 54.2 Å². The first-order chi connectivity index (χ1) is 12.4. The number of anilines is 1. The quantitative estimate of drug-likeness (QED) is 0.620. The average molecular weight is 390 g/mol. The lowest BCUT2D eigenvalue weighted by molar-refractivity contribution is -0.127. The zero-order valence-electron chi connectivity index (χ0n) is 13.3. The summed E-state index contributed by atoms with van der Waals surface area (Å²) >= 11 is 11.6. The van der Waals surface area contributed by atoms with Gasteiger partial charge in [0.2, 0.25) is 5.91 Å². The number of urea groups is 1. The zero-order chi connectivity index (χ0) is 18.7. The highest BCUT2D eigenvalue weighted by molar-refractivity contribution is 6.31. The summed E-state index contributed by atoms with van der Waals surface area (Å²) in [6.07, 6.45) is 1.52. The molecule has 0 aromatic heterocycles. The van der Waals surface area contributed by atoms with Crippen LogP contribution in [-0.4, -0.2) is 29.3 Å². The lowest BCUT2D eigenvalue weighted by Crippen LogP contribution is -2.38. The molecule has 1 heterocycles. The molecule has 0 radical (unpaired) electrons. The summed E-state index contributed by atoms with van der Waals surface area (Å²) in [5.74, 6) is -1.07. The largest absolute Gasteiger partial charge is 0.329 e. The number of rotatable bonds is 4. The van der Waals surface area contributed by atoms with Gasteiger partial charge in [0.15, 0.2) is 0 Å². The summed E-state index contributed by atoms with van der Waals surface area (Å²) in [5.41, 5.74) is 1.31. The molecule has 0 bridgehead atoms. The molecule has 4 amide bonds. The highest BCUT2D eigenvalue weighted by atomic mass is 35.5. The number of hydrogen-bond acceptors (Lipinski definition) is 3. The molecule has 0 spiro atoms. The van der Waals surface area contributed by atoms with Gasteiger partial charge in [0.05, 0.1) is 0 Å². The highest BCUT2D eigenvalue weighted by Crippen LogP contribution is 2.17. The Bertz CT molecular complexity index is 893. The third-order valence-corrected chi connectivity index (χ3v) is 4.08. The molecular formula is C18H13Cl2N3O3. The second-order valence-electron chi connectivity index (χ2n) is 5.49. The number of benzene rings is 2. The summed E-state index contributed by atoms with van der Waals surface area (Å²) in [6, 6.07) is 12.6. The molecule has 1 saturated heterocycles. The minimum atomic E-state index is -0.651. The molecular weight excluding hydrogens is 377 g/mol. The third kappa shape index (κ3) is 4.22. The van der Waals surface area contributed by atoms with Gasteiger partial charge in [-0.15, -0.1) is 0 Å². The predicted octanol–water partition coefficient (Wildman–Crippen LogP) is 3.52. The number of carbonyl (C=O) groups is 3. The van der Waals surface area contributed by atoms with Crippen molar-refractivity contribution in [3.05, 3.63) is 69.8 Å². The van der Waals surface area contributed by atoms with Crippen molar-refractivity contribution in [2.24, 2.45) is 0 Å². The molecule has 1 aliphatic heterocycles. The number of imide groups is 1. The Morgan fingerprint density at radius 3 is 2.19 bits per heavy atom. The SMILES string of the molecule is O=C(CN1C(=O)N/C(=C\c2ccc(Cl)cc2)C1=O)Nc1ccc(Cl)cc1. The Kier molecular flexibility index (Phi) is 5.25. The fourth-order valence-corrected chi connectivity index (χ4v) is 2.57. The number of carbonyl (C=O) groups excluding carboxylic acids is 3. The van der Waals surface area contributed by atoms with Gasteiger partial charge in [-0.05, 0) is 48.0 Å². The maximum Gasteiger partial charge on any atom is 0.329 e. The molecule has 0 saturated carbocycles. The van der Waals surface area contributed by atoms with Gasteiger partial charge < -0.3 is 10.6 Å². The van der Waals surface area contributed by atoms with Crippen LogP contribution in [0.25, 0.3) is 6.08 Å². The molecule has 3 rings (SSSR count). The van der Waals surface area contributed by atoms with Gasteiger partial charge in [-0.2, -0.15) is 0 Å². The van der Waals surface area contributed by atoms with Crippen molar-refractivity contribution in [1.82, 2.24) is 10.2 Å². The molecule has 2 aromatic carbocycles. The summed E-state index contributed by atoms with van der Waals surface area (Å²) < 4.78 is 0. The van der Waals surface area contributed by atoms with E-state index in [-0.39, 0.29) is 5.70 Å². The number of amides is 4. The first-order valence-electron chi connectivity index (χ1n) is 7.58. The van der Waals surface area contributed by atoms with Crippen LogP contribution in [0.4, 0.5) is 10.5 Å². The van der Waals surface area contributed by atoms with E-state index in [4.69, 9.17) is 23.2 Å². The van der Waals surface area contributed by atoms with Crippen molar-refractivity contribution >= 4 is 52.8 Å². The monoisotopic (exact) mass is 389 g/mol. The summed E-state index contributed by atoms with van der Waals surface area (Å²) in [6.45, 7) is -0.398. The minimum absolute atomic E-state index is 0.0941. The maximum atomic E-state index is 12.4. The van der Waals surface area contributed by atoms with E-state index < -0.39 is 24.4 Å². The second kappa shape index (κ2) is 7.59.